The summed E-state index contributed by atoms with van der Waals surface area (Å²) in [7, 11) is 0. The van der Waals surface area contributed by atoms with Crippen molar-refractivity contribution in [2.45, 2.75) is 18.9 Å². The van der Waals surface area contributed by atoms with Crippen molar-refractivity contribution in [1.82, 2.24) is 4.90 Å². The van der Waals surface area contributed by atoms with Crippen molar-refractivity contribution in [2.24, 2.45) is 0 Å². The van der Waals surface area contributed by atoms with E-state index in [4.69, 9.17) is 0 Å². The van der Waals surface area contributed by atoms with Crippen molar-refractivity contribution >= 4 is 50.7 Å². The second kappa shape index (κ2) is 3.69. The van der Waals surface area contributed by atoms with Gasteiger partial charge in [0.05, 0.1) is 8.45 Å². The Balaban J connectivity index is 2.10. The number of nitrogens with zero attached hydrogens (tertiary/aromatic N) is 1. The summed E-state index contributed by atoms with van der Waals surface area (Å²) in [5, 5.41) is 3.56. The minimum absolute atomic E-state index is 0.00461. The van der Waals surface area contributed by atoms with Gasteiger partial charge in [0.2, 0.25) is 5.91 Å². The van der Waals surface area contributed by atoms with Crippen LogP contribution in [0.4, 0.5) is 5.00 Å². The fraction of sp³-hybridized carbons (Fsp3) is 0.400. The van der Waals surface area contributed by atoms with E-state index in [-0.39, 0.29) is 17.9 Å². The number of carbonyl (C=O) groups excluding carboxylic acids is 2. The van der Waals surface area contributed by atoms with Crippen LogP contribution < -0.4 is 5.32 Å². The maximum Gasteiger partial charge on any atom is 0.257 e. The summed E-state index contributed by atoms with van der Waals surface area (Å²) in [6.07, 6.45) is 1.70. The average molecular weight is 348 g/mol. The molecule has 1 aromatic rings. The summed E-state index contributed by atoms with van der Waals surface area (Å²) in [4.78, 5) is 25.8. The number of anilines is 1. The highest BCUT2D eigenvalue weighted by Crippen LogP contribution is 2.35. The number of thiophene rings is 1. The lowest BCUT2D eigenvalue weighted by atomic mass is 10.2. The number of hydrogen-bond donors (Lipinski definition) is 1. The van der Waals surface area contributed by atoms with Crippen molar-refractivity contribution in [3.05, 3.63) is 14.5 Å². The van der Waals surface area contributed by atoms with E-state index < -0.39 is 0 Å². The van der Waals surface area contributed by atoms with Gasteiger partial charge in [-0.25, -0.2) is 0 Å². The normalized spacial score (nSPS) is 23.8. The predicted octanol–water partition coefficient (Wildman–Crippen LogP) is 1.91. The molecule has 0 saturated carbocycles. The van der Waals surface area contributed by atoms with Crippen LogP contribution in [0.15, 0.2) is 6.07 Å². The van der Waals surface area contributed by atoms with Crippen LogP contribution in [0.2, 0.25) is 0 Å². The van der Waals surface area contributed by atoms with Gasteiger partial charge in [-0.2, -0.15) is 0 Å². The molecule has 0 unspecified atom stereocenters. The van der Waals surface area contributed by atoms with Crippen molar-refractivity contribution < 1.29 is 9.59 Å². The summed E-state index contributed by atoms with van der Waals surface area (Å²) in [5.41, 5.74) is 0.646. The Bertz CT molecular complexity index is 485. The Labute approximate surface area is 110 Å². The molecule has 0 radical (unpaired) electrons. The van der Waals surface area contributed by atoms with E-state index in [9.17, 15) is 9.59 Å². The van der Waals surface area contributed by atoms with Crippen LogP contribution in [0.3, 0.4) is 0 Å². The molecule has 3 heterocycles. The van der Waals surface area contributed by atoms with Crippen molar-refractivity contribution in [2.75, 3.05) is 11.9 Å². The van der Waals surface area contributed by atoms with E-state index in [1.54, 1.807) is 4.90 Å². The molecule has 0 bridgehead atoms. The molecule has 0 aromatic carbocycles. The van der Waals surface area contributed by atoms with Crippen LogP contribution >= 0.6 is 33.9 Å². The Morgan fingerprint density at radius 3 is 3.12 bits per heavy atom. The van der Waals surface area contributed by atoms with Crippen LogP contribution in [0.25, 0.3) is 0 Å². The number of carbonyl (C=O) groups is 2. The number of hydrogen-bond acceptors (Lipinski definition) is 3. The van der Waals surface area contributed by atoms with E-state index in [1.165, 1.54) is 11.3 Å². The first kappa shape index (κ1) is 10.5. The van der Waals surface area contributed by atoms with E-state index in [0.717, 1.165) is 15.7 Å². The zero-order valence-corrected chi connectivity index (χ0v) is 11.3. The SMILES string of the molecule is O=C1Nc2sc(I)cc2C(=O)N2CCC[C@@H]12. The molecule has 4 nitrogen and oxygen atoms in total. The summed E-state index contributed by atoms with van der Waals surface area (Å²) in [6, 6.07) is 1.59. The van der Waals surface area contributed by atoms with E-state index in [0.29, 0.717) is 17.1 Å². The molecular weight excluding hydrogens is 339 g/mol. The van der Waals surface area contributed by atoms with Gasteiger partial charge in [0, 0.05) is 6.54 Å². The summed E-state index contributed by atoms with van der Waals surface area (Å²) < 4.78 is 1.02. The second-order valence-electron chi connectivity index (χ2n) is 3.94. The van der Waals surface area contributed by atoms with Gasteiger partial charge in [-0.3, -0.25) is 9.59 Å². The second-order valence-corrected chi connectivity index (χ2v) is 6.89. The molecule has 84 valence electrons. The molecule has 0 aliphatic carbocycles. The number of fused-ring (bicyclic) bond motifs is 2. The predicted molar refractivity (Wildman–Crippen MR) is 69.7 cm³/mol. The minimum Gasteiger partial charge on any atom is -0.327 e. The van der Waals surface area contributed by atoms with E-state index in [2.05, 4.69) is 27.9 Å². The molecule has 6 heteroatoms. The standard InChI is InChI=1S/C10H9IN2O2S/c11-7-4-5-9(16-7)12-8(14)6-2-1-3-13(6)10(5)15/h4,6H,1-3H2,(H,12,14)/t6-/m0/s1. The summed E-state index contributed by atoms with van der Waals surface area (Å²) in [6.45, 7) is 0.697. The maximum atomic E-state index is 12.2. The fourth-order valence-corrected chi connectivity index (χ4v) is 4.00. The third-order valence-electron chi connectivity index (χ3n) is 2.99. The molecular formula is C10H9IN2O2S. The highest BCUT2D eigenvalue weighted by Gasteiger charge is 2.39. The van der Waals surface area contributed by atoms with Gasteiger partial charge in [-0.15, -0.1) is 11.3 Å². The molecule has 1 saturated heterocycles. The Morgan fingerprint density at radius 1 is 1.50 bits per heavy atom. The van der Waals surface area contributed by atoms with E-state index in [1.807, 2.05) is 6.07 Å². The number of nitrogens with one attached hydrogen (secondary N) is 1. The van der Waals surface area contributed by atoms with Crippen LogP contribution in [0.5, 0.6) is 0 Å². The number of amides is 2. The summed E-state index contributed by atoms with van der Waals surface area (Å²) >= 11 is 3.62. The third-order valence-corrected chi connectivity index (χ3v) is 4.80. The lowest BCUT2D eigenvalue weighted by Gasteiger charge is -2.19. The molecule has 1 atom stereocenters. The molecule has 16 heavy (non-hydrogen) atoms. The first-order valence-electron chi connectivity index (χ1n) is 5.08. The van der Waals surface area contributed by atoms with Crippen LogP contribution in [0, 0.1) is 2.88 Å². The fourth-order valence-electron chi connectivity index (χ4n) is 2.24. The zero-order valence-electron chi connectivity index (χ0n) is 8.33. The first-order chi connectivity index (χ1) is 7.66. The lowest BCUT2D eigenvalue weighted by molar-refractivity contribution is -0.119. The maximum absolute atomic E-state index is 12.2. The lowest BCUT2D eigenvalue weighted by Crippen LogP contribution is -2.40. The van der Waals surface area contributed by atoms with Gasteiger partial charge in [0.25, 0.3) is 5.91 Å². The van der Waals surface area contributed by atoms with Crippen molar-refractivity contribution in [1.29, 1.82) is 0 Å². The largest absolute Gasteiger partial charge is 0.327 e. The first-order valence-corrected chi connectivity index (χ1v) is 6.97. The van der Waals surface area contributed by atoms with Crippen molar-refractivity contribution in [3.63, 3.8) is 0 Å². The van der Waals surface area contributed by atoms with Gasteiger partial charge >= 0.3 is 0 Å². The molecule has 2 aliphatic rings. The monoisotopic (exact) mass is 348 g/mol. The average Bonchev–Trinajstić information content (AvgIpc) is 2.81. The van der Waals surface area contributed by atoms with Crippen LogP contribution in [0.1, 0.15) is 23.2 Å². The van der Waals surface area contributed by atoms with Gasteiger partial charge in [0.15, 0.2) is 0 Å². The van der Waals surface area contributed by atoms with Crippen molar-refractivity contribution in [3.8, 4) is 0 Å². The van der Waals surface area contributed by atoms with Crippen LogP contribution in [-0.4, -0.2) is 29.3 Å². The van der Waals surface area contributed by atoms with Gasteiger partial charge < -0.3 is 10.2 Å². The highest BCUT2D eigenvalue weighted by molar-refractivity contribution is 14.1. The minimum atomic E-state index is -0.259. The van der Waals surface area contributed by atoms with E-state index >= 15 is 0 Å². The topological polar surface area (TPSA) is 49.4 Å². The Morgan fingerprint density at radius 2 is 2.31 bits per heavy atom. The van der Waals surface area contributed by atoms with Crippen LogP contribution in [-0.2, 0) is 4.79 Å². The highest BCUT2D eigenvalue weighted by atomic mass is 127. The van der Waals surface area contributed by atoms with Gasteiger partial charge in [-0.05, 0) is 41.5 Å². The molecule has 1 fully saturated rings. The molecule has 3 rings (SSSR count). The number of rotatable bonds is 0. The molecule has 1 aromatic heterocycles. The zero-order chi connectivity index (χ0) is 11.3. The molecule has 2 aliphatic heterocycles. The Kier molecular flexibility index (Phi) is 2.43. The third kappa shape index (κ3) is 1.46. The molecule has 2 amide bonds. The molecule has 1 N–H and O–H groups in total. The van der Waals surface area contributed by atoms with Gasteiger partial charge in [0.1, 0.15) is 11.0 Å². The van der Waals surface area contributed by atoms with Gasteiger partial charge in [-0.1, -0.05) is 0 Å². The quantitative estimate of drug-likeness (QED) is 0.729. The summed E-state index contributed by atoms with van der Waals surface area (Å²) in [5.74, 6) is -0.0436. The number of halogens is 1. The smallest absolute Gasteiger partial charge is 0.257 e. The molecule has 0 spiro atoms. The Hall–Kier alpha value is -0.630.